The topological polar surface area (TPSA) is 113 Å². The van der Waals surface area contributed by atoms with Crippen LogP contribution in [0.5, 0.6) is 0 Å². The predicted molar refractivity (Wildman–Crippen MR) is 109 cm³/mol. The van der Waals surface area contributed by atoms with Crippen LogP contribution in [0, 0.1) is 0 Å². The van der Waals surface area contributed by atoms with Crippen molar-refractivity contribution in [2.45, 2.75) is 31.7 Å². The van der Waals surface area contributed by atoms with Gasteiger partial charge in [-0.2, -0.15) is 5.10 Å². The lowest BCUT2D eigenvalue weighted by molar-refractivity contribution is -0.153. The lowest BCUT2D eigenvalue weighted by atomic mass is 10.1. The molecule has 10 heteroatoms. The standard InChI is InChI=1S/C20H25N3O6S/c1-22(16-10-12-30(27,28)14-16)19(25)13-29-20(26)8-7-18(24)23-11-9-17(21-23)15-5-3-2-4-6-15/h2-6,16H,7-14H2,1H3. The molecule has 0 aromatic heterocycles. The first-order valence-electron chi connectivity index (χ1n) is 9.80. The van der Waals surface area contributed by atoms with Gasteiger partial charge in [0.15, 0.2) is 16.4 Å². The van der Waals surface area contributed by atoms with Crippen molar-refractivity contribution in [3.05, 3.63) is 35.9 Å². The molecule has 0 aliphatic carbocycles. The Bertz CT molecular complexity index is 945. The van der Waals surface area contributed by atoms with Gasteiger partial charge in [-0.05, 0) is 12.0 Å². The fourth-order valence-corrected chi connectivity index (χ4v) is 5.18. The highest BCUT2D eigenvalue weighted by atomic mass is 32.2. The Kier molecular flexibility index (Phi) is 6.86. The van der Waals surface area contributed by atoms with E-state index in [0.29, 0.717) is 19.4 Å². The maximum absolute atomic E-state index is 12.3. The zero-order valence-corrected chi connectivity index (χ0v) is 17.6. The highest BCUT2D eigenvalue weighted by Gasteiger charge is 2.33. The van der Waals surface area contributed by atoms with Crippen molar-refractivity contribution in [2.75, 3.05) is 31.7 Å². The maximum Gasteiger partial charge on any atom is 0.306 e. The van der Waals surface area contributed by atoms with Crippen molar-refractivity contribution in [1.29, 1.82) is 0 Å². The van der Waals surface area contributed by atoms with Gasteiger partial charge in [0.1, 0.15) is 0 Å². The Morgan fingerprint density at radius 1 is 1.20 bits per heavy atom. The van der Waals surface area contributed by atoms with Gasteiger partial charge in [0.2, 0.25) is 5.91 Å². The summed E-state index contributed by atoms with van der Waals surface area (Å²) in [6.07, 6.45) is 0.821. The van der Waals surface area contributed by atoms with Crippen molar-refractivity contribution >= 4 is 33.3 Å². The molecule has 1 atom stereocenters. The SMILES string of the molecule is CN(C(=O)COC(=O)CCC(=O)N1CCC(c2ccccc2)=N1)C1CCS(=O)(=O)C1. The van der Waals surface area contributed by atoms with Crippen LogP contribution in [0.15, 0.2) is 35.4 Å². The van der Waals surface area contributed by atoms with Crippen molar-refractivity contribution in [2.24, 2.45) is 5.10 Å². The zero-order chi connectivity index (χ0) is 21.7. The Hall–Kier alpha value is -2.75. The van der Waals surface area contributed by atoms with E-state index in [0.717, 1.165) is 11.3 Å². The number of carbonyl (C=O) groups excluding carboxylic acids is 3. The third-order valence-electron chi connectivity index (χ3n) is 5.25. The summed E-state index contributed by atoms with van der Waals surface area (Å²) in [4.78, 5) is 37.6. The van der Waals surface area contributed by atoms with Crippen LogP contribution in [-0.4, -0.2) is 79.6 Å². The van der Waals surface area contributed by atoms with Gasteiger partial charge in [-0.3, -0.25) is 14.4 Å². The second-order valence-electron chi connectivity index (χ2n) is 7.40. The number of hydrogen-bond acceptors (Lipinski definition) is 7. The first-order chi connectivity index (χ1) is 14.2. The van der Waals surface area contributed by atoms with Crippen molar-refractivity contribution < 1.29 is 27.5 Å². The highest BCUT2D eigenvalue weighted by molar-refractivity contribution is 7.91. The summed E-state index contributed by atoms with van der Waals surface area (Å²) in [5.41, 5.74) is 1.79. The molecule has 2 heterocycles. The molecule has 0 saturated carbocycles. The Morgan fingerprint density at radius 3 is 2.60 bits per heavy atom. The molecule has 9 nitrogen and oxygen atoms in total. The fourth-order valence-electron chi connectivity index (χ4n) is 3.41. The monoisotopic (exact) mass is 435 g/mol. The number of carbonyl (C=O) groups is 3. The number of likely N-dealkylation sites (N-methyl/N-ethyl adjacent to an activating group) is 1. The van der Waals surface area contributed by atoms with Crippen LogP contribution >= 0.6 is 0 Å². The van der Waals surface area contributed by atoms with E-state index in [1.165, 1.54) is 17.0 Å². The van der Waals surface area contributed by atoms with Gasteiger partial charge in [-0.15, -0.1) is 0 Å². The normalized spacial score (nSPS) is 20.0. The predicted octanol–water partition coefficient (Wildman–Crippen LogP) is 0.592. The molecule has 162 valence electrons. The van der Waals surface area contributed by atoms with Crippen LogP contribution in [0.3, 0.4) is 0 Å². The molecule has 1 saturated heterocycles. The van der Waals surface area contributed by atoms with Crippen LogP contribution < -0.4 is 0 Å². The van der Waals surface area contributed by atoms with E-state index in [4.69, 9.17) is 4.74 Å². The summed E-state index contributed by atoms with van der Waals surface area (Å²) < 4.78 is 28.0. The van der Waals surface area contributed by atoms with E-state index in [1.807, 2.05) is 30.3 Å². The summed E-state index contributed by atoms with van der Waals surface area (Å²) in [6, 6.07) is 9.18. The molecular weight excluding hydrogens is 410 g/mol. The number of esters is 1. The van der Waals surface area contributed by atoms with Crippen LogP contribution in [0.2, 0.25) is 0 Å². The fraction of sp³-hybridized carbons (Fsp3) is 0.500. The molecule has 2 amide bonds. The number of hydrazone groups is 1. The molecule has 1 aromatic carbocycles. The minimum absolute atomic E-state index is 0.0577. The van der Waals surface area contributed by atoms with Gasteiger partial charge >= 0.3 is 5.97 Å². The molecule has 0 radical (unpaired) electrons. The smallest absolute Gasteiger partial charge is 0.306 e. The number of hydrogen-bond donors (Lipinski definition) is 0. The molecule has 3 rings (SSSR count). The summed E-state index contributed by atoms with van der Waals surface area (Å²) in [7, 11) is -1.61. The minimum Gasteiger partial charge on any atom is -0.456 e. The van der Waals surface area contributed by atoms with Crippen LogP contribution in [-0.2, 0) is 29.0 Å². The van der Waals surface area contributed by atoms with Gasteiger partial charge in [-0.25, -0.2) is 13.4 Å². The van der Waals surface area contributed by atoms with Crippen LogP contribution in [0.4, 0.5) is 0 Å². The largest absolute Gasteiger partial charge is 0.456 e. The average molecular weight is 436 g/mol. The number of rotatable bonds is 7. The van der Waals surface area contributed by atoms with Gasteiger partial charge in [0, 0.05) is 25.9 Å². The first kappa shape index (κ1) is 21.9. The molecule has 1 fully saturated rings. The Labute approximate surface area is 175 Å². The average Bonchev–Trinajstić information content (AvgIpc) is 3.37. The molecule has 0 bridgehead atoms. The second-order valence-corrected chi connectivity index (χ2v) is 9.63. The van der Waals surface area contributed by atoms with Crippen molar-refractivity contribution in [3.8, 4) is 0 Å². The molecular formula is C20H25N3O6S. The highest BCUT2D eigenvalue weighted by Crippen LogP contribution is 2.17. The van der Waals surface area contributed by atoms with E-state index in [2.05, 4.69) is 5.10 Å². The van der Waals surface area contributed by atoms with E-state index in [9.17, 15) is 22.8 Å². The lowest BCUT2D eigenvalue weighted by Gasteiger charge is -2.23. The van der Waals surface area contributed by atoms with Gasteiger partial charge in [-0.1, -0.05) is 30.3 Å². The number of benzene rings is 1. The number of nitrogens with zero attached hydrogens (tertiary/aromatic N) is 3. The van der Waals surface area contributed by atoms with Crippen molar-refractivity contribution in [3.63, 3.8) is 0 Å². The molecule has 1 unspecified atom stereocenters. The minimum atomic E-state index is -3.11. The molecule has 0 N–H and O–H groups in total. The van der Waals surface area contributed by atoms with Crippen molar-refractivity contribution in [1.82, 2.24) is 9.91 Å². The quantitative estimate of drug-likeness (QED) is 0.579. The van der Waals surface area contributed by atoms with E-state index >= 15 is 0 Å². The maximum atomic E-state index is 12.3. The van der Waals surface area contributed by atoms with Crippen LogP contribution in [0.1, 0.15) is 31.2 Å². The molecule has 0 spiro atoms. The summed E-state index contributed by atoms with van der Waals surface area (Å²) in [5, 5.41) is 5.68. The third kappa shape index (κ3) is 5.65. The summed E-state index contributed by atoms with van der Waals surface area (Å²) in [5.74, 6) is -1.41. The number of ether oxygens (including phenoxy) is 1. The zero-order valence-electron chi connectivity index (χ0n) is 16.8. The molecule has 2 aliphatic rings. The van der Waals surface area contributed by atoms with Gasteiger partial charge in [0.25, 0.3) is 5.91 Å². The van der Waals surface area contributed by atoms with Gasteiger partial charge < -0.3 is 9.64 Å². The first-order valence-corrected chi connectivity index (χ1v) is 11.6. The third-order valence-corrected chi connectivity index (χ3v) is 7.00. The summed E-state index contributed by atoms with van der Waals surface area (Å²) >= 11 is 0. The second kappa shape index (κ2) is 9.38. The number of amides is 2. The Balaban J connectivity index is 1.40. The number of sulfone groups is 1. The Morgan fingerprint density at radius 2 is 1.93 bits per heavy atom. The molecule has 2 aliphatic heterocycles. The van der Waals surface area contributed by atoms with E-state index < -0.39 is 34.4 Å². The molecule has 30 heavy (non-hydrogen) atoms. The van der Waals surface area contributed by atoms with E-state index in [1.54, 1.807) is 0 Å². The van der Waals surface area contributed by atoms with Crippen LogP contribution in [0.25, 0.3) is 0 Å². The van der Waals surface area contributed by atoms with E-state index in [-0.39, 0.29) is 30.3 Å². The lowest BCUT2D eigenvalue weighted by Crippen LogP contribution is -2.40. The molecule has 1 aromatic rings. The summed E-state index contributed by atoms with van der Waals surface area (Å²) in [6.45, 7) is -0.00816. The van der Waals surface area contributed by atoms with Gasteiger partial charge in [0.05, 0.1) is 30.2 Å².